The molecule has 0 aromatic heterocycles. The Morgan fingerprint density at radius 1 is 1.27 bits per heavy atom. The molecule has 2 aliphatic heterocycles. The van der Waals surface area contributed by atoms with Gasteiger partial charge in [-0.1, -0.05) is 12.5 Å². The smallest absolute Gasteiger partial charge is 0.131 e. The Hall–Kier alpha value is -1.28. The predicted molar refractivity (Wildman–Crippen MR) is 87.3 cm³/mol. The first-order chi connectivity index (χ1) is 10.0. The second kappa shape index (κ2) is 6.45. The minimum absolute atomic E-state index is 0. The number of likely N-dealkylation sites (tertiary alicyclic amines) is 1. The fraction of sp³-hybridized carbons (Fsp3) is 0.588. The van der Waals surface area contributed by atoms with Crippen LogP contribution in [0, 0.1) is 11.3 Å². The first-order valence-corrected chi connectivity index (χ1v) is 7.68. The van der Waals surface area contributed by atoms with E-state index in [0.29, 0.717) is 5.56 Å². The summed E-state index contributed by atoms with van der Waals surface area (Å²) in [5, 5.41) is 19.9. The molecule has 0 unspecified atom stereocenters. The van der Waals surface area contributed by atoms with Crippen LogP contribution < -0.4 is 4.74 Å². The zero-order valence-corrected chi connectivity index (χ0v) is 13.9. The van der Waals surface area contributed by atoms with Crippen molar-refractivity contribution in [2.45, 2.75) is 50.9 Å². The van der Waals surface area contributed by atoms with Crippen LogP contribution in [0.5, 0.6) is 5.75 Å². The summed E-state index contributed by atoms with van der Waals surface area (Å²) in [5.74, 6) is 0.736. The first kappa shape index (κ1) is 17.1. The van der Waals surface area contributed by atoms with Crippen LogP contribution in [0.25, 0.3) is 0 Å². The average Bonchev–Trinajstić information content (AvgIpc) is 2.48. The molecule has 3 rings (SSSR count). The molecule has 0 spiro atoms. The van der Waals surface area contributed by atoms with Gasteiger partial charge in [0.2, 0.25) is 0 Å². The lowest BCUT2D eigenvalue weighted by Gasteiger charge is -2.47. The molecule has 120 valence electrons. The molecular formula is C17H23ClN2O2. The highest BCUT2D eigenvalue weighted by Gasteiger charge is 2.45. The molecule has 1 aromatic rings. The van der Waals surface area contributed by atoms with Crippen molar-refractivity contribution in [3.05, 3.63) is 29.3 Å². The average molecular weight is 323 g/mol. The lowest BCUT2D eigenvalue weighted by Crippen LogP contribution is -2.54. The summed E-state index contributed by atoms with van der Waals surface area (Å²) in [6, 6.07) is 7.65. The summed E-state index contributed by atoms with van der Waals surface area (Å²) >= 11 is 0. The molecule has 0 saturated carbocycles. The molecule has 1 N–H and O–H groups in total. The van der Waals surface area contributed by atoms with Crippen LogP contribution in [0.3, 0.4) is 0 Å². The predicted octanol–water partition coefficient (Wildman–Crippen LogP) is 3.04. The maximum Gasteiger partial charge on any atom is 0.131 e. The van der Waals surface area contributed by atoms with Gasteiger partial charge in [-0.3, -0.25) is 4.90 Å². The quantitative estimate of drug-likeness (QED) is 0.863. The number of rotatable bonds is 1. The normalized spacial score (nSPS) is 27.0. The van der Waals surface area contributed by atoms with Crippen LogP contribution in [-0.2, 0) is 0 Å². The Morgan fingerprint density at radius 2 is 1.95 bits per heavy atom. The molecule has 4 nitrogen and oxygen atoms in total. The Kier molecular flexibility index (Phi) is 5.01. The summed E-state index contributed by atoms with van der Waals surface area (Å²) in [6.45, 7) is 5.85. The van der Waals surface area contributed by atoms with E-state index in [2.05, 4.69) is 11.0 Å². The maximum absolute atomic E-state index is 10.8. The molecule has 2 atom stereocenters. The number of hydrogen-bond donors (Lipinski definition) is 1. The van der Waals surface area contributed by atoms with Crippen molar-refractivity contribution in [1.82, 2.24) is 4.90 Å². The summed E-state index contributed by atoms with van der Waals surface area (Å²) in [6.07, 6.45) is 3.04. The highest BCUT2D eigenvalue weighted by molar-refractivity contribution is 5.85. The third kappa shape index (κ3) is 2.94. The largest absolute Gasteiger partial charge is 0.485 e. The minimum atomic E-state index is -0.650. The number of hydrogen-bond acceptors (Lipinski definition) is 4. The van der Waals surface area contributed by atoms with Gasteiger partial charge in [-0.15, -0.1) is 12.4 Å². The topological polar surface area (TPSA) is 56.5 Å². The van der Waals surface area contributed by atoms with Gasteiger partial charge in [-0.25, -0.2) is 0 Å². The van der Waals surface area contributed by atoms with Gasteiger partial charge in [0, 0.05) is 5.56 Å². The molecular weight excluding hydrogens is 300 g/mol. The number of benzene rings is 1. The van der Waals surface area contributed by atoms with Gasteiger partial charge in [0.1, 0.15) is 17.5 Å². The van der Waals surface area contributed by atoms with E-state index in [4.69, 9.17) is 10.00 Å². The molecule has 0 radical (unpaired) electrons. The summed E-state index contributed by atoms with van der Waals surface area (Å²) in [7, 11) is 0. The number of piperidine rings is 1. The molecule has 0 bridgehead atoms. The van der Waals surface area contributed by atoms with Gasteiger partial charge in [0.15, 0.2) is 0 Å². The lowest BCUT2D eigenvalue weighted by molar-refractivity contribution is -0.0961. The molecule has 2 aliphatic rings. The maximum atomic E-state index is 10.8. The van der Waals surface area contributed by atoms with Gasteiger partial charge in [-0.05, 0) is 51.9 Å². The minimum Gasteiger partial charge on any atom is -0.485 e. The van der Waals surface area contributed by atoms with Crippen LogP contribution >= 0.6 is 12.4 Å². The standard InChI is InChI=1S/C17H22N2O2.ClH/c1-17(2)16(20)15(19-8-4-3-5-9-19)13-7-6-12(11-18)10-14(13)21-17;/h6-7,10,15-16,20H,3-5,8-9H2,1-2H3;1H/t15-,16+;/m1./s1. The molecule has 1 aromatic carbocycles. The number of nitrogens with zero attached hydrogens (tertiary/aromatic N) is 2. The van der Waals surface area contributed by atoms with E-state index in [1.165, 1.54) is 19.3 Å². The van der Waals surface area contributed by atoms with Crippen molar-refractivity contribution in [3.8, 4) is 11.8 Å². The van der Waals surface area contributed by atoms with Gasteiger partial charge in [0.05, 0.1) is 17.7 Å². The van der Waals surface area contributed by atoms with Gasteiger partial charge >= 0.3 is 0 Å². The van der Waals surface area contributed by atoms with Crippen molar-refractivity contribution in [1.29, 1.82) is 5.26 Å². The number of aliphatic hydroxyl groups excluding tert-OH is 1. The zero-order valence-electron chi connectivity index (χ0n) is 13.1. The number of aliphatic hydroxyl groups is 1. The summed E-state index contributed by atoms with van der Waals surface area (Å²) in [5.41, 5.74) is 0.949. The van der Waals surface area contributed by atoms with E-state index < -0.39 is 11.7 Å². The number of ether oxygens (including phenoxy) is 1. The fourth-order valence-electron chi connectivity index (χ4n) is 3.42. The Bertz CT molecular complexity index is 577. The van der Waals surface area contributed by atoms with Crippen LogP contribution in [0.15, 0.2) is 18.2 Å². The monoisotopic (exact) mass is 322 g/mol. The number of halogens is 1. The second-order valence-electron chi connectivity index (χ2n) is 6.56. The molecule has 1 saturated heterocycles. The van der Waals surface area contributed by atoms with E-state index in [0.717, 1.165) is 24.4 Å². The van der Waals surface area contributed by atoms with Crippen molar-refractivity contribution in [2.75, 3.05) is 13.1 Å². The fourth-order valence-corrected chi connectivity index (χ4v) is 3.42. The molecule has 0 amide bonds. The van der Waals surface area contributed by atoms with Gasteiger partial charge < -0.3 is 9.84 Å². The lowest BCUT2D eigenvalue weighted by atomic mass is 9.84. The van der Waals surface area contributed by atoms with Crippen molar-refractivity contribution >= 4 is 12.4 Å². The van der Waals surface area contributed by atoms with Crippen LogP contribution in [-0.4, -0.2) is 34.8 Å². The Morgan fingerprint density at radius 3 is 2.59 bits per heavy atom. The highest BCUT2D eigenvalue weighted by Crippen LogP contribution is 2.43. The van der Waals surface area contributed by atoms with Crippen LogP contribution in [0.2, 0.25) is 0 Å². The van der Waals surface area contributed by atoms with Crippen molar-refractivity contribution in [3.63, 3.8) is 0 Å². The molecule has 1 fully saturated rings. The Labute approximate surface area is 138 Å². The molecule has 2 heterocycles. The third-order valence-electron chi connectivity index (χ3n) is 4.63. The van der Waals surface area contributed by atoms with E-state index in [1.807, 2.05) is 26.0 Å². The number of fused-ring (bicyclic) bond motifs is 1. The van der Waals surface area contributed by atoms with E-state index in [9.17, 15) is 5.11 Å². The van der Waals surface area contributed by atoms with Gasteiger partial charge in [-0.2, -0.15) is 5.26 Å². The van der Waals surface area contributed by atoms with E-state index >= 15 is 0 Å². The van der Waals surface area contributed by atoms with Crippen LogP contribution in [0.4, 0.5) is 0 Å². The third-order valence-corrected chi connectivity index (χ3v) is 4.63. The van der Waals surface area contributed by atoms with Crippen molar-refractivity contribution in [2.24, 2.45) is 0 Å². The van der Waals surface area contributed by atoms with E-state index in [-0.39, 0.29) is 18.4 Å². The zero-order chi connectivity index (χ0) is 15.0. The Balaban J connectivity index is 0.00000176. The van der Waals surface area contributed by atoms with Crippen molar-refractivity contribution < 1.29 is 9.84 Å². The SMILES string of the molecule is CC1(C)Oc2cc(C#N)ccc2[C@@H](N2CCCCC2)[C@@H]1O.Cl. The highest BCUT2D eigenvalue weighted by atomic mass is 35.5. The second-order valence-corrected chi connectivity index (χ2v) is 6.56. The van der Waals surface area contributed by atoms with Crippen LogP contribution in [0.1, 0.15) is 50.3 Å². The number of nitriles is 1. The van der Waals surface area contributed by atoms with E-state index in [1.54, 1.807) is 6.07 Å². The first-order valence-electron chi connectivity index (χ1n) is 7.68. The molecule has 5 heteroatoms. The van der Waals surface area contributed by atoms with Gasteiger partial charge in [0.25, 0.3) is 0 Å². The summed E-state index contributed by atoms with van der Waals surface area (Å²) < 4.78 is 5.97. The molecule has 0 aliphatic carbocycles. The summed E-state index contributed by atoms with van der Waals surface area (Å²) in [4.78, 5) is 2.36. The molecule has 22 heavy (non-hydrogen) atoms.